The minimum Gasteiger partial charge on any atom is -0.370 e. The third-order valence-electron chi connectivity index (χ3n) is 2.18. The number of halogens is 2. The quantitative estimate of drug-likeness (QED) is 0.494. The molecular formula is C6H8F2O. The molecule has 1 aliphatic heterocycles. The van der Waals surface area contributed by atoms with Crippen molar-refractivity contribution in [3.05, 3.63) is 0 Å². The van der Waals surface area contributed by atoms with Gasteiger partial charge in [-0.15, -0.1) is 0 Å². The average molecular weight is 134 g/mol. The highest BCUT2D eigenvalue weighted by Gasteiger charge is 2.57. The Hall–Kier alpha value is -0.180. The first kappa shape index (κ1) is 5.59. The van der Waals surface area contributed by atoms with Gasteiger partial charge in [0.2, 0.25) is 6.43 Å². The maximum absolute atomic E-state index is 11.8. The number of rotatable bonds is 1. The highest BCUT2D eigenvalue weighted by atomic mass is 19.3. The fraction of sp³-hybridized carbons (Fsp3) is 1.00. The summed E-state index contributed by atoms with van der Waals surface area (Å²) in [6.45, 7) is 0.718. The lowest BCUT2D eigenvalue weighted by Gasteiger charge is -2.31. The third-order valence-corrected chi connectivity index (χ3v) is 2.18. The zero-order valence-electron chi connectivity index (χ0n) is 4.94. The van der Waals surface area contributed by atoms with Gasteiger partial charge >= 0.3 is 0 Å². The molecule has 0 aromatic rings. The molecule has 1 saturated carbocycles. The van der Waals surface area contributed by atoms with Gasteiger partial charge in [-0.05, 0) is 12.8 Å². The van der Waals surface area contributed by atoms with E-state index in [1.165, 1.54) is 0 Å². The molecule has 2 rings (SSSR count). The number of ether oxygens (including phenoxy) is 1. The van der Waals surface area contributed by atoms with Crippen LogP contribution in [0.1, 0.15) is 12.8 Å². The number of hydrogen-bond donors (Lipinski definition) is 0. The SMILES string of the molecule is FC(F)C1CC2(CO2)C1. The topological polar surface area (TPSA) is 12.5 Å². The molecule has 1 heterocycles. The molecule has 0 atom stereocenters. The first-order valence-electron chi connectivity index (χ1n) is 3.14. The Morgan fingerprint density at radius 3 is 2.33 bits per heavy atom. The third kappa shape index (κ3) is 0.748. The number of alkyl halides is 2. The van der Waals surface area contributed by atoms with Gasteiger partial charge in [0.05, 0.1) is 12.2 Å². The lowest BCUT2D eigenvalue weighted by atomic mass is 9.75. The van der Waals surface area contributed by atoms with E-state index in [9.17, 15) is 8.78 Å². The van der Waals surface area contributed by atoms with Gasteiger partial charge in [0, 0.05) is 5.92 Å². The first-order chi connectivity index (χ1) is 4.22. The van der Waals surface area contributed by atoms with Crippen molar-refractivity contribution in [2.75, 3.05) is 6.61 Å². The van der Waals surface area contributed by atoms with Gasteiger partial charge in [0.1, 0.15) is 0 Å². The second kappa shape index (κ2) is 1.45. The molecule has 0 aromatic heterocycles. The molecule has 0 N–H and O–H groups in total. The van der Waals surface area contributed by atoms with Crippen LogP contribution in [-0.2, 0) is 4.74 Å². The lowest BCUT2D eigenvalue weighted by molar-refractivity contribution is -0.0122. The molecule has 0 aromatic carbocycles. The first-order valence-corrected chi connectivity index (χ1v) is 3.14. The second-order valence-electron chi connectivity index (χ2n) is 2.97. The van der Waals surface area contributed by atoms with Gasteiger partial charge < -0.3 is 4.74 Å². The van der Waals surface area contributed by atoms with E-state index in [2.05, 4.69) is 0 Å². The Labute approximate surface area is 52.0 Å². The number of epoxide rings is 1. The van der Waals surface area contributed by atoms with Gasteiger partial charge in [-0.3, -0.25) is 0 Å². The lowest BCUT2D eigenvalue weighted by Crippen LogP contribution is -2.36. The molecule has 2 fully saturated rings. The molecule has 0 radical (unpaired) electrons. The van der Waals surface area contributed by atoms with Gasteiger partial charge in [0.15, 0.2) is 0 Å². The minimum absolute atomic E-state index is 0.0545. The molecule has 1 saturated heterocycles. The fourth-order valence-electron chi connectivity index (χ4n) is 1.41. The summed E-state index contributed by atoms with van der Waals surface area (Å²) in [6, 6.07) is 0. The van der Waals surface area contributed by atoms with Gasteiger partial charge in [-0.1, -0.05) is 0 Å². The summed E-state index contributed by atoms with van der Waals surface area (Å²) in [6.07, 6.45) is -0.949. The fourth-order valence-corrected chi connectivity index (χ4v) is 1.41. The van der Waals surface area contributed by atoms with Crippen molar-refractivity contribution in [1.29, 1.82) is 0 Å². The predicted molar refractivity (Wildman–Crippen MR) is 27.4 cm³/mol. The van der Waals surface area contributed by atoms with Crippen LogP contribution in [0.4, 0.5) is 8.78 Å². The van der Waals surface area contributed by atoms with E-state index in [1.54, 1.807) is 0 Å². The molecule has 9 heavy (non-hydrogen) atoms. The monoisotopic (exact) mass is 134 g/mol. The summed E-state index contributed by atoms with van der Waals surface area (Å²) in [5.74, 6) is -0.368. The van der Waals surface area contributed by atoms with Gasteiger partial charge in [-0.2, -0.15) is 0 Å². The average Bonchev–Trinajstić information content (AvgIpc) is 2.35. The summed E-state index contributed by atoms with van der Waals surface area (Å²) >= 11 is 0. The van der Waals surface area contributed by atoms with Crippen molar-refractivity contribution in [2.24, 2.45) is 5.92 Å². The summed E-state index contributed by atoms with van der Waals surface area (Å²) in [4.78, 5) is 0. The van der Waals surface area contributed by atoms with E-state index in [4.69, 9.17) is 4.74 Å². The van der Waals surface area contributed by atoms with Crippen LogP contribution in [-0.4, -0.2) is 18.6 Å². The maximum Gasteiger partial charge on any atom is 0.241 e. The minimum atomic E-state index is -2.13. The van der Waals surface area contributed by atoms with E-state index in [1.807, 2.05) is 0 Å². The van der Waals surface area contributed by atoms with Gasteiger partial charge in [0.25, 0.3) is 0 Å². The zero-order valence-corrected chi connectivity index (χ0v) is 4.94. The standard InChI is InChI=1S/C6H8F2O/c7-5(8)4-1-6(2-4)3-9-6/h4-5H,1-3H2. The molecule has 3 heteroatoms. The van der Waals surface area contributed by atoms with Crippen molar-refractivity contribution in [2.45, 2.75) is 24.9 Å². The maximum atomic E-state index is 11.8. The van der Waals surface area contributed by atoms with Crippen molar-refractivity contribution >= 4 is 0 Å². The van der Waals surface area contributed by atoms with Crippen LogP contribution in [0.5, 0.6) is 0 Å². The summed E-state index contributed by atoms with van der Waals surface area (Å²) in [7, 11) is 0. The normalized spacial score (nSPS) is 47.7. The van der Waals surface area contributed by atoms with Crippen LogP contribution in [0, 0.1) is 5.92 Å². The highest BCUT2D eigenvalue weighted by Crippen LogP contribution is 2.51. The predicted octanol–water partition coefficient (Wildman–Crippen LogP) is 1.43. The summed E-state index contributed by atoms with van der Waals surface area (Å²) in [5, 5.41) is 0. The Morgan fingerprint density at radius 1 is 1.44 bits per heavy atom. The van der Waals surface area contributed by atoms with Crippen LogP contribution in [0.2, 0.25) is 0 Å². The van der Waals surface area contributed by atoms with E-state index in [-0.39, 0.29) is 11.5 Å². The molecule has 1 aliphatic carbocycles. The van der Waals surface area contributed by atoms with Gasteiger partial charge in [-0.25, -0.2) is 8.78 Å². The van der Waals surface area contributed by atoms with Crippen LogP contribution in [0.25, 0.3) is 0 Å². The molecule has 0 bridgehead atoms. The van der Waals surface area contributed by atoms with E-state index in [0.29, 0.717) is 12.8 Å². The molecule has 2 aliphatic rings. The molecule has 1 nitrogen and oxygen atoms in total. The van der Waals surface area contributed by atoms with Crippen molar-refractivity contribution in [1.82, 2.24) is 0 Å². The molecular weight excluding hydrogens is 126 g/mol. The van der Waals surface area contributed by atoms with Crippen LogP contribution < -0.4 is 0 Å². The molecule has 0 amide bonds. The zero-order chi connectivity index (χ0) is 6.48. The Bertz CT molecular complexity index is 123. The highest BCUT2D eigenvalue weighted by molar-refractivity contribution is 5.04. The van der Waals surface area contributed by atoms with Crippen molar-refractivity contribution in [3.8, 4) is 0 Å². The van der Waals surface area contributed by atoms with E-state index < -0.39 is 6.43 Å². The Morgan fingerprint density at radius 2 is 2.00 bits per heavy atom. The van der Waals surface area contributed by atoms with Crippen molar-refractivity contribution < 1.29 is 13.5 Å². The Balaban J connectivity index is 1.83. The van der Waals surface area contributed by atoms with E-state index >= 15 is 0 Å². The molecule has 0 unspecified atom stereocenters. The van der Waals surface area contributed by atoms with Crippen LogP contribution in [0.3, 0.4) is 0 Å². The summed E-state index contributed by atoms with van der Waals surface area (Å²) in [5.41, 5.74) is -0.0545. The van der Waals surface area contributed by atoms with Crippen LogP contribution >= 0.6 is 0 Å². The second-order valence-corrected chi connectivity index (χ2v) is 2.97. The van der Waals surface area contributed by atoms with Crippen LogP contribution in [0.15, 0.2) is 0 Å². The Kier molecular flexibility index (Phi) is 0.903. The largest absolute Gasteiger partial charge is 0.370 e. The smallest absolute Gasteiger partial charge is 0.241 e. The summed E-state index contributed by atoms with van der Waals surface area (Å²) < 4.78 is 28.6. The number of hydrogen-bond acceptors (Lipinski definition) is 1. The van der Waals surface area contributed by atoms with Crippen molar-refractivity contribution in [3.63, 3.8) is 0 Å². The molecule has 52 valence electrons. The molecule has 1 spiro atoms. The van der Waals surface area contributed by atoms with E-state index in [0.717, 1.165) is 6.61 Å².